The molecule has 0 saturated carbocycles. The molecule has 7 heteroatoms. The van der Waals surface area contributed by atoms with Crippen molar-refractivity contribution in [1.29, 1.82) is 0 Å². The maximum atomic E-state index is 11.9. The summed E-state index contributed by atoms with van der Waals surface area (Å²) in [7, 11) is 1.26. The molecule has 0 aliphatic carbocycles. The molecule has 23 heavy (non-hydrogen) atoms. The number of rotatable bonds is 6. The number of esters is 2. The summed E-state index contributed by atoms with van der Waals surface area (Å²) in [6.07, 6.45) is 0.759. The minimum Gasteiger partial charge on any atom is -0.465 e. The van der Waals surface area contributed by atoms with Gasteiger partial charge in [0.1, 0.15) is 6.54 Å². The number of methoxy groups -OCH3 is 1. The van der Waals surface area contributed by atoms with E-state index < -0.39 is 17.7 Å². The lowest BCUT2D eigenvalue weighted by Crippen LogP contribution is -2.22. The summed E-state index contributed by atoms with van der Waals surface area (Å²) in [4.78, 5) is 35.2. The normalized spacial score (nSPS) is 11.0. The van der Waals surface area contributed by atoms with Crippen molar-refractivity contribution in [2.75, 3.05) is 13.7 Å². The Morgan fingerprint density at radius 2 is 2.04 bits per heavy atom. The number of aromatic nitrogens is 1. The number of nitrogens with zero attached hydrogens (tertiary/aromatic N) is 1. The topological polar surface area (TPSA) is 87.7 Å². The number of hydrogen-bond acceptors (Lipinski definition) is 6. The van der Waals surface area contributed by atoms with Crippen molar-refractivity contribution in [2.24, 2.45) is 5.92 Å². The average molecular weight is 321 g/mol. The Labute approximate surface area is 132 Å². The van der Waals surface area contributed by atoms with E-state index in [1.165, 1.54) is 29.9 Å². The Morgan fingerprint density at radius 3 is 2.70 bits per heavy atom. The molecule has 0 spiro atoms. The smallest absolute Gasteiger partial charge is 0.420 e. The van der Waals surface area contributed by atoms with E-state index in [0.717, 1.165) is 6.42 Å². The quantitative estimate of drug-likeness (QED) is 0.756. The first-order valence-electron chi connectivity index (χ1n) is 7.29. The van der Waals surface area contributed by atoms with Crippen LogP contribution in [0.25, 0.3) is 11.1 Å². The van der Waals surface area contributed by atoms with Crippen LogP contribution >= 0.6 is 0 Å². The van der Waals surface area contributed by atoms with Crippen LogP contribution in [-0.2, 0) is 20.8 Å². The molecule has 1 aromatic carbocycles. The Morgan fingerprint density at radius 1 is 1.30 bits per heavy atom. The van der Waals surface area contributed by atoms with E-state index in [-0.39, 0.29) is 17.7 Å². The zero-order chi connectivity index (χ0) is 17.0. The molecule has 0 N–H and O–H groups in total. The van der Waals surface area contributed by atoms with Gasteiger partial charge in [-0.3, -0.25) is 9.36 Å². The number of carbonyl (C=O) groups excluding carboxylic acids is 2. The largest absolute Gasteiger partial charge is 0.465 e. The van der Waals surface area contributed by atoms with Crippen molar-refractivity contribution in [1.82, 2.24) is 4.57 Å². The zero-order valence-corrected chi connectivity index (χ0v) is 13.3. The van der Waals surface area contributed by atoms with Crippen molar-refractivity contribution in [2.45, 2.75) is 26.8 Å². The Kier molecular flexibility index (Phi) is 5.20. The third-order valence-corrected chi connectivity index (χ3v) is 3.33. The molecule has 0 radical (unpaired) electrons. The lowest BCUT2D eigenvalue weighted by atomic mass is 10.1. The maximum absolute atomic E-state index is 11.9. The highest BCUT2D eigenvalue weighted by Gasteiger charge is 2.16. The van der Waals surface area contributed by atoms with Gasteiger partial charge in [0, 0.05) is 0 Å². The number of oxazole rings is 1. The molecule has 0 unspecified atom stereocenters. The molecule has 0 amide bonds. The van der Waals surface area contributed by atoms with Crippen LogP contribution in [0.2, 0.25) is 0 Å². The van der Waals surface area contributed by atoms with Crippen LogP contribution in [0.1, 0.15) is 30.6 Å². The molecule has 0 fully saturated rings. The van der Waals surface area contributed by atoms with Gasteiger partial charge in [-0.2, -0.15) is 0 Å². The summed E-state index contributed by atoms with van der Waals surface area (Å²) in [6, 6.07) is 4.45. The van der Waals surface area contributed by atoms with Gasteiger partial charge in [0.25, 0.3) is 0 Å². The van der Waals surface area contributed by atoms with Crippen molar-refractivity contribution < 1.29 is 23.5 Å². The molecule has 1 heterocycles. The highest BCUT2D eigenvalue weighted by molar-refractivity contribution is 5.93. The number of hydrogen-bond donors (Lipinski definition) is 0. The van der Waals surface area contributed by atoms with Gasteiger partial charge in [-0.05, 0) is 30.5 Å². The van der Waals surface area contributed by atoms with Gasteiger partial charge in [-0.1, -0.05) is 13.8 Å². The van der Waals surface area contributed by atoms with Crippen LogP contribution in [0, 0.1) is 5.92 Å². The Hall–Kier alpha value is -2.57. The standard InChI is InChI=1S/C16H19NO6/c1-10(2)6-7-22-14(18)9-17-12-5-4-11(15(19)21-3)8-13(12)23-16(17)20/h4-5,8,10H,6-7,9H2,1-3H3. The van der Waals surface area contributed by atoms with Crippen LogP contribution < -0.4 is 5.76 Å². The van der Waals surface area contributed by atoms with Crippen LogP contribution in [-0.4, -0.2) is 30.2 Å². The van der Waals surface area contributed by atoms with Gasteiger partial charge in [-0.15, -0.1) is 0 Å². The van der Waals surface area contributed by atoms with Crippen molar-refractivity contribution in [3.63, 3.8) is 0 Å². The summed E-state index contributed by atoms with van der Waals surface area (Å²) in [5.74, 6) is -1.29. The van der Waals surface area contributed by atoms with Crippen LogP contribution in [0.4, 0.5) is 0 Å². The second kappa shape index (κ2) is 7.13. The molecule has 2 aromatic rings. The third kappa shape index (κ3) is 4.00. The molecular formula is C16H19NO6. The predicted molar refractivity (Wildman–Crippen MR) is 82.2 cm³/mol. The lowest BCUT2D eigenvalue weighted by molar-refractivity contribution is -0.144. The Bertz CT molecular complexity index is 770. The molecule has 0 aliphatic rings. The van der Waals surface area contributed by atoms with Gasteiger partial charge in [0.15, 0.2) is 5.58 Å². The van der Waals surface area contributed by atoms with Gasteiger partial charge in [0.2, 0.25) is 0 Å². The van der Waals surface area contributed by atoms with E-state index in [1.54, 1.807) is 0 Å². The fraction of sp³-hybridized carbons (Fsp3) is 0.438. The monoisotopic (exact) mass is 321 g/mol. The molecule has 7 nitrogen and oxygen atoms in total. The third-order valence-electron chi connectivity index (χ3n) is 3.33. The SMILES string of the molecule is COC(=O)c1ccc2c(c1)oc(=O)n2CC(=O)OCCC(C)C. The fourth-order valence-electron chi connectivity index (χ4n) is 2.04. The summed E-state index contributed by atoms with van der Waals surface area (Å²) in [5.41, 5.74) is 0.900. The molecule has 1 aromatic heterocycles. The second-order valence-electron chi connectivity index (χ2n) is 5.53. The van der Waals surface area contributed by atoms with Gasteiger partial charge < -0.3 is 13.9 Å². The van der Waals surface area contributed by atoms with Gasteiger partial charge in [-0.25, -0.2) is 9.59 Å². The van der Waals surface area contributed by atoms with E-state index in [4.69, 9.17) is 9.15 Å². The first-order chi connectivity index (χ1) is 10.9. The Balaban J connectivity index is 2.18. The summed E-state index contributed by atoms with van der Waals surface area (Å²) >= 11 is 0. The van der Waals surface area contributed by atoms with Crippen LogP contribution in [0.3, 0.4) is 0 Å². The summed E-state index contributed by atoms with van der Waals surface area (Å²) in [6.45, 7) is 4.14. The molecule has 0 bridgehead atoms. The minimum absolute atomic E-state index is 0.216. The number of ether oxygens (including phenoxy) is 2. The molecular weight excluding hydrogens is 302 g/mol. The molecule has 124 valence electrons. The summed E-state index contributed by atoms with van der Waals surface area (Å²) < 4.78 is 16.0. The first kappa shape index (κ1) is 16.8. The van der Waals surface area contributed by atoms with Crippen molar-refractivity contribution in [3.05, 3.63) is 34.3 Å². The van der Waals surface area contributed by atoms with E-state index in [2.05, 4.69) is 4.74 Å². The highest BCUT2D eigenvalue weighted by Crippen LogP contribution is 2.16. The minimum atomic E-state index is -0.678. The lowest BCUT2D eigenvalue weighted by Gasteiger charge is -2.07. The molecule has 0 aliphatic heterocycles. The molecule has 0 saturated heterocycles. The van der Waals surface area contributed by atoms with Crippen LogP contribution in [0.5, 0.6) is 0 Å². The predicted octanol–water partition coefficient (Wildman–Crippen LogP) is 1.97. The first-order valence-corrected chi connectivity index (χ1v) is 7.29. The number of carbonyl (C=O) groups is 2. The second-order valence-corrected chi connectivity index (χ2v) is 5.53. The van der Waals surface area contributed by atoms with Crippen molar-refractivity contribution >= 4 is 23.0 Å². The number of fused-ring (bicyclic) bond motifs is 1. The van der Waals surface area contributed by atoms with Gasteiger partial charge >= 0.3 is 17.7 Å². The zero-order valence-electron chi connectivity index (χ0n) is 13.3. The maximum Gasteiger partial charge on any atom is 0.420 e. The molecule has 0 atom stereocenters. The fourth-order valence-corrected chi connectivity index (χ4v) is 2.04. The van der Waals surface area contributed by atoms with E-state index in [9.17, 15) is 14.4 Å². The number of benzene rings is 1. The van der Waals surface area contributed by atoms with E-state index in [0.29, 0.717) is 18.0 Å². The van der Waals surface area contributed by atoms with Crippen molar-refractivity contribution in [3.8, 4) is 0 Å². The van der Waals surface area contributed by atoms with E-state index >= 15 is 0 Å². The van der Waals surface area contributed by atoms with E-state index in [1.807, 2.05) is 13.8 Å². The highest BCUT2D eigenvalue weighted by atomic mass is 16.5. The molecule has 2 rings (SSSR count). The average Bonchev–Trinajstić information content (AvgIpc) is 2.81. The van der Waals surface area contributed by atoms with Crippen LogP contribution in [0.15, 0.2) is 27.4 Å². The van der Waals surface area contributed by atoms with Gasteiger partial charge in [0.05, 0.1) is 24.8 Å². The summed E-state index contributed by atoms with van der Waals surface area (Å²) in [5, 5.41) is 0.